The molecule has 1 aromatic carbocycles. The standard InChI is InChI=1S/C22H23FN4O3/c1-22(2,3)30-21(29)26(12-14-4-5-14)20-9-8-19-24-11-18(27(19)25-20)16-7-6-15(13-28)10-17(16)23/h6-11,13-14H,4-5,12H2,1-3H3. The Labute approximate surface area is 173 Å². The molecule has 1 saturated carbocycles. The van der Waals surface area contributed by atoms with Crippen molar-refractivity contribution in [3.63, 3.8) is 0 Å². The number of anilines is 1. The van der Waals surface area contributed by atoms with Gasteiger partial charge in [0.05, 0.1) is 11.9 Å². The molecule has 1 aliphatic rings. The second-order valence-corrected chi connectivity index (χ2v) is 8.50. The third-order valence-corrected chi connectivity index (χ3v) is 4.78. The number of imidazole rings is 1. The van der Waals surface area contributed by atoms with Crippen LogP contribution in [0.4, 0.5) is 15.0 Å². The Morgan fingerprint density at radius 2 is 2.07 bits per heavy atom. The largest absolute Gasteiger partial charge is 0.443 e. The van der Waals surface area contributed by atoms with Crippen LogP contribution >= 0.6 is 0 Å². The Kier molecular flexibility index (Phi) is 5.01. The summed E-state index contributed by atoms with van der Waals surface area (Å²) in [5.74, 6) is 0.286. The summed E-state index contributed by atoms with van der Waals surface area (Å²) >= 11 is 0. The van der Waals surface area contributed by atoms with Crippen LogP contribution in [0.3, 0.4) is 0 Å². The minimum absolute atomic E-state index is 0.249. The third-order valence-electron chi connectivity index (χ3n) is 4.78. The summed E-state index contributed by atoms with van der Waals surface area (Å²) in [7, 11) is 0. The van der Waals surface area contributed by atoms with Gasteiger partial charge in [0.15, 0.2) is 11.5 Å². The normalized spacial score (nSPS) is 14.0. The van der Waals surface area contributed by atoms with E-state index in [2.05, 4.69) is 10.1 Å². The van der Waals surface area contributed by atoms with Gasteiger partial charge in [0.2, 0.25) is 0 Å². The lowest BCUT2D eigenvalue weighted by molar-refractivity contribution is 0.0577. The highest BCUT2D eigenvalue weighted by atomic mass is 19.1. The molecule has 2 aromatic heterocycles. The fraction of sp³-hybridized carbons (Fsp3) is 0.364. The summed E-state index contributed by atoms with van der Waals surface area (Å²) in [5.41, 5.74) is 0.829. The van der Waals surface area contributed by atoms with Crippen molar-refractivity contribution in [2.75, 3.05) is 11.4 Å². The molecule has 0 saturated heterocycles. The van der Waals surface area contributed by atoms with Gasteiger partial charge in [0.1, 0.15) is 17.7 Å². The van der Waals surface area contributed by atoms with Crippen LogP contribution in [0.25, 0.3) is 16.9 Å². The molecular formula is C22H23FN4O3. The van der Waals surface area contributed by atoms with Gasteiger partial charge in [0, 0.05) is 17.7 Å². The molecule has 7 nitrogen and oxygen atoms in total. The van der Waals surface area contributed by atoms with Crippen LogP contribution in [0, 0.1) is 11.7 Å². The van der Waals surface area contributed by atoms with E-state index in [0.717, 1.165) is 12.8 Å². The Bertz CT molecular complexity index is 1120. The van der Waals surface area contributed by atoms with Crippen molar-refractivity contribution < 1.29 is 18.7 Å². The van der Waals surface area contributed by atoms with Crippen molar-refractivity contribution >= 4 is 23.8 Å². The molecule has 0 bridgehead atoms. The van der Waals surface area contributed by atoms with Gasteiger partial charge >= 0.3 is 6.09 Å². The molecule has 0 atom stereocenters. The summed E-state index contributed by atoms with van der Waals surface area (Å²) in [4.78, 5) is 29.5. The number of ether oxygens (including phenoxy) is 1. The maximum atomic E-state index is 14.6. The summed E-state index contributed by atoms with van der Waals surface area (Å²) in [6, 6.07) is 7.67. The van der Waals surface area contributed by atoms with Crippen LogP contribution < -0.4 is 4.90 Å². The molecule has 0 radical (unpaired) electrons. The van der Waals surface area contributed by atoms with Gasteiger partial charge < -0.3 is 4.74 Å². The fourth-order valence-electron chi connectivity index (χ4n) is 3.14. The predicted molar refractivity (Wildman–Crippen MR) is 110 cm³/mol. The second kappa shape index (κ2) is 7.51. The molecule has 0 unspecified atom stereocenters. The number of benzene rings is 1. The highest BCUT2D eigenvalue weighted by Crippen LogP contribution is 2.32. The number of nitrogens with zero attached hydrogens (tertiary/aromatic N) is 4. The van der Waals surface area contributed by atoms with Crippen LogP contribution in [0.2, 0.25) is 0 Å². The summed E-state index contributed by atoms with van der Waals surface area (Å²) in [6.07, 6.45) is 3.76. The van der Waals surface area contributed by atoms with Crippen molar-refractivity contribution in [3.8, 4) is 11.3 Å². The highest BCUT2D eigenvalue weighted by molar-refractivity contribution is 5.87. The van der Waals surface area contributed by atoms with E-state index in [-0.39, 0.29) is 11.1 Å². The first-order valence-corrected chi connectivity index (χ1v) is 9.85. The fourth-order valence-corrected chi connectivity index (χ4v) is 3.14. The van der Waals surface area contributed by atoms with Gasteiger partial charge in [0.25, 0.3) is 0 Å². The molecule has 4 rings (SSSR count). The van der Waals surface area contributed by atoms with Crippen LogP contribution in [-0.4, -0.2) is 39.1 Å². The molecule has 1 amide bonds. The zero-order chi connectivity index (χ0) is 21.5. The minimum Gasteiger partial charge on any atom is -0.443 e. The van der Waals surface area contributed by atoms with Gasteiger partial charge in [-0.25, -0.2) is 18.7 Å². The van der Waals surface area contributed by atoms with E-state index in [0.29, 0.717) is 35.9 Å². The van der Waals surface area contributed by atoms with Gasteiger partial charge in [-0.1, -0.05) is 6.07 Å². The first-order chi connectivity index (χ1) is 14.2. The molecule has 0 spiro atoms. The Morgan fingerprint density at radius 1 is 1.30 bits per heavy atom. The lowest BCUT2D eigenvalue weighted by Gasteiger charge is -2.26. The topological polar surface area (TPSA) is 76.8 Å². The second-order valence-electron chi connectivity index (χ2n) is 8.50. The van der Waals surface area contributed by atoms with Crippen LogP contribution in [-0.2, 0) is 4.74 Å². The molecule has 2 heterocycles. The van der Waals surface area contributed by atoms with Gasteiger partial charge in [-0.15, -0.1) is 5.10 Å². The quantitative estimate of drug-likeness (QED) is 0.579. The Balaban J connectivity index is 1.75. The number of hydrogen-bond acceptors (Lipinski definition) is 5. The molecule has 30 heavy (non-hydrogen) atoms. The predicted octanol–water partition coefficient (Wildman–Crippen LogP) is 4.50. The first-order valence-electron chi connectivity index (χ1n) is 9.85. The number of rotatable bonds is 5. The van der Waals surface area contributed by atoms with Crippen LogP contribution in [0.5, 0.6) is 0 Å². The highest BCUT2D eigenvalue weighted by Gasteiger charge is 2.31. The number of hydrogen-bond donors (Lipinski definition) is 0. The number of amides is 1. The van der Waals surface area contributed by atoms with E-state index in [9.17, 15) is 14.0 Å². The zero-order valence-corrected chi connectivity index (χ0v) is 17.1. The molecule has 3 aromatic rings. The lowest BCUT2D eigenvalue weighted by Crippen LogP contribution is -2.38. The number of aromatic nitrogens is 3. The SMILES string of the molecule is CC(C)(C)OC(=O)N(CC1CC1)c1ccc2ncc(-c3ccc(C=O)cc3F)n2n1. The summed E-state index contributed by atoms with van der Waals surface area (Å²) in [6.45, 7) is 5.96. The maximum Gasteiger partial charge on any atom is 0.416 e. The first kappa shape index (κ1) is 20.0. The minimum atomic E-state index is -0.632. The van der Waals surface area contributed by atoms with Gasteiger partial charge in [-0.3, -0.25) is 9.69 Å². The molecule has 1 aliphatic carbocycles. The molecule has 0 aliphatic heterocycles. The summed E-state index contributed by atoms with van der Waals surface area (Å²) in [5, 5.41) is 4.57. The molecule has 156 valence electrons. The Morgan fingerprint density at radius 3 is 2.70 bits per heavy atom. The van der Waals surface area contributed by atoms with E-state index in [1.165, 1.54) is 33.8 Å². The van der Waals surface area contributed by atoms with Crippen LogP contribution in [0.1, 0.15) is 44.0 Å². The zero-order valence-electron chi connectivity index (χ0n) is 17.1. The molecule has 8 heteroatoms. The van der Waals surface area contributed by atoms with Gasteiger partial charge in [-0.2, -0.15) is 0 Å². The average molecular weight is 410 g/mol. The van der Waals surface area contributed by atoms with Crippen molar-refractivity contribution in [2.24, 2.45) is 5.92 Å². The van der Waals surface area contributed by atoms with Crippen molar-refractivity contribution in [2.45, 2.75) is 39.2 Å². The molecule has 0 N–H and O–H groups in total. The van der Waals surface area contributed by atoms with E-state index >= 15 is 0 Å². The number of carbonyl (C=O) groups is 2. The number of halogens is 1. The van der Waals surface area contributed by atoms with E-state index < -0.39 is 17.5 Å². The maximum absolute atomic E-state index is 14.6. The number of carbonyl (C=O) groups excluding carboxylic acids is 2. The lowest BCUT2D eigenvalue weighted by atomic mass is 10.1. The van der Waals surface area contributed by atoms with Crippen LogP contribution in [0.15, 0.2) is 36.5 Å². The van der Waals surface area contributed by atoms with E-state index in [1.54, 1.807) is 12.1 Å². The van der Waals surface area contributed by atoms with Crippen molar-refractivity contribution in [1.29, 1.82) is 0 Å². The van der Waals surface area contributed by atoms with E-state index in [4.69, 9.17) is 4.74 Å². The summed E-state index contributed by atoms with van der Waals surface area (Å²) < 4.78 is 21.6. The van der Waals surface area contributed by atoms with E-state index in [1.807, 2.05) is 20.8 Å². The van der Waals surface area contributed by atoms with Gasteiger partial charge in [-0.05, 0) is 63.8 Å². The smallest absolute Gasteiger partial charge is 0.416 e. The molecule has 1 fully saturated rings. The van der Waals surface area contributed by atoms with Crippen molar-refractivity contribution in [1.82, 2.24) is 14.6 Å². The number of aldehydes is 1. The third kappa shape index (κ3) is 4.17. The number of fused-ring (bicyclic) bond motifs is 1. The average Bonchev–Trinajstić information content (AvgIpc) is 3.42. The Hall–Kier alpha value is -3.29. The van der Waals surface area contributed by atoms with Crippen molar-refractivity contribution in [3.05, 3.63) is 47.9 Å². The monoisotopic (exact) mass is 410 g/mol. The molecular weight excluding hydrogens is 387 g/mol.